The fraction of sp³-hybridized carbons (Fsp3) is 0.742. The summed E-state index contributed by atoms with van der Waals surface area (Å²) in [6.45, 7) is 7.96. The van der Waals surface area contributed by atoms with Gasteiger partial charge in [-0.25, -0.2) is 0 Å². The molecule has 4 aliphatic carbocycles. The third-order valence-electron chi connectivity index (χ3n) is 10.7. The van der Waals surface area contributed by atoms with E-state index in [1.165, 1.54) is 10.5 Å². The Morgan fingerprint density at radius 3 is 2.47 bits per heavy atom. The molecule has 3 saturated carbocycles. The molecule has 7 heteroatoms. The molecule has 1 aliphatic heterocycles. The van der Waals surface area contributed by atoms with Gasteiger partial charge in [-0.15, -0.1) is 11.8 Å². The second-order valence-corrected chi connectivity index (χ2v) is 16.2. The first-order valence-electron chi connectivity index (χ1n) is 14.4. The van der Waals surface area contributed by atoms with Crippen LogP contribution in [0.2, 0.25) is 0 Å². The maximum absolute atomic E-state index is 12.8. The number of halogens is 1. The van der Waals surface area contributed by atoms with Crippen LogP contribution in [0.1, 0.15) is 72.1 Å². The average Bonchev–Trinajstić information content (AvgIpc) is 3.17. The van der Waals surface area contributed by atoms with Crippen molar-refractivity contribution < 1.29 is 19.7 Å². The lowest BCUT2D eigenvalue weighted by Gasteiger charge is -2.63. The molecule has 4 fully saturated rings. The van der Waals surface area contributed by atoms with Gasteiger partial charge < -0.3 is 24.6 Å². The predicted octanol–water partition coefficient (Wildman–Crippen LogP) is 6.55. The summed E-state index contributed by atoms with van der Waals surface area (Å²) in [5.74, 6) is 0.155. The molecular formula is C31H44BrNO4S. The number of fused-ring (bicyclic) bond motifs is 5. The summed E-state index contributed by atoms with van der Waals surface area (Å²) in [7, 11) is 4.14. The number of thioether (sulfide) groups is 1. The van der Waals surface area contributed by atoms with Crippen molar-refractivity contribution in [2.75, 3.05) is 32.2 Å². The molecule has 2 N–H and O–H groups in total. The maximum atomic E-state index is 12.8. The third-order valence-corrected chi connectivity index (χ3v) is 13.4. The van der Waals surface area contributed by atoms with Crippen LogP contribution < -0.4 is 4.90 Å². The number of benzene rings is 1. The molecule has 38 heavy (non-hydrogen) atoms. The van der Waals surface area contributed by atoms with E-state index in [4.69, 9.17) is 9.47 Å². The summed E-state index contributed by atoms with van der Waals surface area (Å²) in [6, 6.07) is 6.52. The fourth-order valence-electron chi connectivity index (χ4n) is 8.31. The van der Waals surface area contributed by atoms with Crippen LogP contribution in [-0.2, 0) is 9.47 Å². The zero-order chi connectivity index (χ0) is 27.1. The monoisotopic (exact) mass is 605 g/mol. The van der Waals surface area contributed by atoms with Crippen molar-refractivity contribution in [3.05, 3.63) is 34.3 Å². The predicted molar refractivity (Wildman–Crippen MR) is 157 cm³/mol. The van der Waals surface area contributed by atoms with E-state index in [-0.39, 0.29) is 16.9 Å². The number of hydrogen-bond donors (Lipinski definition) is 2. The molecule has 5 aliphatic rings. The highest BCUT2D eigenvalue weighted by Crippen LogP contribution is 2.68. The number of rotatable bonds is 3. The van der Waals surface area contributed by atoms with E-state index in [1.807, 2.05) is 11.8 Å². The van der Waals surface area contributed by atoms with Crippen molar-refractivity contribution in [2.24, 2.45) is 22.7 Å². The van der Waals surface area contributed by atoms with Gasteiger partial charge in [0.1, 0.15) is 0 Å². The number of nitrogens with zero attached hydrogens (tertiary/aromatic N) is 1. The van der Waals surface area contributed by atoms with Gasteiger partial charge in [0.15, 0.2) is 5.79 Å². The van der Waals surface area contributed by atoms with Gasteiger partial charge in [-0.05, 0) is 84.5 Å². The highest BCUT2D eigenvalue weighted by molar-refractivity contribution is 9.10. The van der Waals surface area contributed by atoms with Crippen LogP contribution in [0.15, 0.2) is 39.2 Å². The van der Waals surface area contributed by atoms with Crippen molar-refractivity contribution in [3.63, 3.8) is 0 Å². The smallest absolute Gasteiger partial charge is 0.171 e. The summed E-state index contributed by atoms with van der Waals surface area (Å²) in [5.41, 5.74) is 1.56. The SMILES string of the molecule is CN(C)c1ccc(Br)c(S[C@]23CCC4(C[C@]2(O)CC[C@@H]2C3=CC[C@]3(C)[C@@H](O)CC[C@@H]23)OCC(C)(C)CO4)c1. The van der Waals surface area contributed by atoms with E-state index in [0.717, 1.165) is 55.1 Å². The lowest BCUT2D eigenvalue weighted by Crippen LogP contribution is -2.67. The molecule has 0 amide bonds. The van der Waals surface area contributed by atoms with E-state index in [2.05, 4.69) is 80.0 Å². The van der Waals surface area contributed by atoms with Crippen molar-refractivity contribution in [1.29, 1.82) is 0 Å². The minimum atomic E-state index is -0.946. The standard InChI is InChI=1S/C31H44BrNO4S/c1-27(2)18-36-30(37-19-27)14-15-31(38-25-16-20(33(4)5)6-8-24(25)32)23-11-12-28(3)22(7-9-26(28)34)21(23)10-13-29(31,35)17-30/h6,8,11,16,21-22,26,34-35H,7,9-10,12-15,17-19H2,1-5H3/t21-,22-,26-,28-,29+,31-/m0/s1. The quantitative estimate of drug-likeness (QED) is 0.381. The summed E-state index contributed by atoms with van der Waals surface area (Å²) >= 11 is 5.70. The Labute approximate surface area is 240 Å². The van der Waals surface area contributed by atoms with Crippen LogP contribution in [0.25, 0.3) is 0 Å². The molecule has 210 valence electrons. The maximum Gasteiger partial charge on any atom is 0.171 e. The van der Waals surface area contributed by atoms with Crippen LogP contribution >= 0.6 is 27.7 Å². The van der Waals surface area contributed by atoms with Crippen LogP contribution in [0.3, 0.4) is 0 Å². The third kappa shape index (κ3) is 4.16. The molecule has 1 spiro atoms. The van der Waals surface area contributed by atoms with Gasteiger partial charge in [0.05, 0.1) is 29.7 Å². The zero-order valence-corrected chi connectivity index (χ0v) is 26.0. The van der Waals surface area contributed by atoms with Gasteiger partial charge in [0.25, 0.3) is 0 Å². The molecule has 1 aromatic rings. The molecule has 0 radical (unpaired) electrons. The molecule has 6 atom stereocenters. The van der Waals surface area contributed by atoms with Crippen LogP contribution in [0.4, 0.5) is 5.69 Å². The van der Waals surface area contributed by atoms with Gasteiger partial charge in [-0.2, -0.15) is 0 Å². The summed E-state index contributed by atoms with van der Waals surface area (Å²) < 4.78 is 13.6. The topological polar surface area (TPSA) is 62.2 Å². The molecular weight excluding hydrogens is 562 g/mol. The first kappa shape index (κ1) is 27.6. The van der Waals surface area contributed by atoms with E-state index in [1.54, 1.807) is 0 Å². The number of hydrogen-bond acceptors (Lipinski definition) is 6. The van der Waals surface area contributed by atoms with Crippen molar-refractivity contribution >= 4 is 33.4 Å². The average molecular weight is 607 g/mol. The number of anilines is 1. The molecule has 5 nitrogen and oxygen atoms in total. The van der Waals surface area contributed by atoms with Crippen LogP contribution in [-0.4, -0.2) is 59.8 Å². The normalized spacial score (nSPS) is 41.2. The fourth-order valence-corrected chi connectivity index (χ4v) is 10.4. The van der Waals surface area contributed by atoms with E-state index >= 15 is 0 Å². The number of allylic oxidation sites excluding steroid dienone is 1. The number of aliphatic hydroxyl groups excluding tert-OH is 1. The highest BCUT2D eigenvalue weighted by atomic mass is 79.9. The zero-order valence-electron chi connectivity index (χ0n) is 23.6. The van der Waals surface area contributed by atoms with Gasteiger partial charge in [0.2, 0.25) is 0 Å². The molecule has 6 rings (SSSR count). The minimum absolute atomic E-state index is 0.00798. The van der Waals surface area contributed by atoms with Gasteiger partial charge >= 0.3 is 0 Å². The van der Waals surface area contributed by atoms with E-state index in [9.17, 15) is 10.2 Å². The Morgan fingerprint density at radius 1 is 1.03 bits per heavy atom. The lowest BCUT2D eigenvalue weighted by atomic mass is 9.52. The largest absolute Gasteiger partial charge is 0.393 e. The van der Waals surface area contributed by atoms with Crippen molar-refractivity contribution in [1.82, 2.24) is 0 Å². The molecule has 1 heterocycles. The second kappa shape index (κ2) is 9.22. The van der Waals surface area contributed by atoms with Crippen molar-refractivity contribution in [3.8, 4) is 0 Å². The number of aliphatic hydroxyl groups is 2. The summed E-state index contributed by atoms with van der Waals surface area (Å²) in [4.78, 5) is 3.30. The molecule has 0 aromatic heterocycles. The Balaban J connectivity index is 1.43. The summed E-state index contributed by atoms with van der Waals surface area (Å²) in [5, 5.41) is 23.8. The Morgan fingerprint density at radius 2 is 1.76 bits per heavy atom. The van der Waals surface area contributed by atoms with Gasteiger partial charge in [-0.1, -0.05) is 32.4 Å². The molecule has 0 bridgehead atoms. The van der Waals surface area contributed by atoms with Gasteiger partial charge in [-0.3, -0.25) is 0 Å². The molecule has 0 unspecified atom stereocenters. The lowest BCUT2D eigenvalue weighted by molar-refractivity contribution is -0.331. The molecule has 1 aromatic carbocycles. The Bertz CT molecular complexity index is 1130. The molecule has 1 saturated heterocycles. The van der Waals surface area contributed by atoms with Gasteiger partial charge in [0, 0.05) is 52.8 Å². The first-order chi connectivity index (χ1) is 17.8. The van der Waals surface area contributed by atoms with E-state index in [0.29, 0.717) is 31.5 Å². The Kier molecular flexibility index (Phi) is 6.69. The minimum Gasteiger partial charge on any atom is -0.393 e. The first-order valence-corrected chi connectivity index (χ1v) is 16.0. The highest BCUT2D eigenvalue weighted by Gasteiger charge is 2.67. The van der Waals surface area contributed by atoms with Crippen LogP contribution in [0, 0.1) is 22.7 Å². The van der Waals surface area contributed by atoms with Crippen LogP contribution in [0.5, 0.6) is 0 Å². The van der Waals surface area contributed by atoms with Crippen molar-refractivity contribution in [2.45, 2.75) is 99.3 Å². The summed E-state index contributed by atoms with van der Waals surface area (Å²) in [6.07, 6.45) is 8.81. The van der Waals surface area contributed by atoms with E-state index < -0.39 is 16.1 Å². The Hall–Kier alpha value is -0.570. The second-order valence-electron chi connectivity index (χ2n) is 14.0. The number of ether oxygens (including phenoxy) is 2.